The summed E-state index contributed by atoms with van der Waals surface area (Å²) in [5, 5.41) is 18.8. The summed E-state index contributed by atoms with van der Waals surface area (Å²) in [6, 6.07) is 8.12. The lowest BCUT2D eigenvalue weighted by Crippen LogP contribution is -2.24. The third kappa shape index (κ3) is 2.73. The molecule has 0 radical (unpaired) electrons. The molecule has 2 N–H and O–H groups in total. The van der Waals surface area contributed by atoms with Gasteiger partial charge < -0.3 is 10.2 Å². The Morgan fingerprint density at radius 2 is 2.05 bits per heavy atom. The van der Waals surface area contributed by atoms with Gasteiger partial charge in [0, 0.05) is 31.1 Å². The molecule has 1 aromatic rings. The minimum absolute atomic E-state index is 0.102. The van der Waals surface area contributed by atoms with Crippen LogP contribution in [0.3, 0.4) is 0 Å². The fraction of sp³-hybridized carbons (Fsp3) is 0.529. The molecule has 3 nitrogen and oxygen atoms in total. The van der Waals surface area contributed by atoms with E-state index in [1.165, 1.54) is 5.56 Å². The Bertz CT molecular complexity index is 531. The van der Waals surface area contributed by atoms with E-state index in [1.807, 2.05) is 18.2 Å². The number of hydrogen-bond donors (Lipinski definition) is 2. The lowest BCUT2D eigenvalue weighted by molar-refractivity contribution is 0.123. The largest absolute Gasteiger partial charge is 0.393 e. The van der Waals surface area contributed by atoms with Crippen LogP contribution in [-0.4, -0.2) is 40.9 Å². The van der Waals surface area contributed by atoms with Crippen LogP contribution in [0.2, 0.25) is 0 Å². The summed E-state index contributed by atoms with van der Waals surface area (Å²) in [5.74, 6) is 6.87. The van der Waals surface area contributed by atoms with E-state index in [-0.39, 0.29) is 12.7 Å². The molecule has 3 unspecified atom stereocenters. The van der Waals surface area contributed by atoms with Gasteiger partial charge >= 0.3 is 0 Å². The molecule has 1 aliphatic heterocycles. The minimum Gasteiger partial charge on any atom is -0.393 e. The number of nitrogens with zero attached hydrogens (tertiary/aromatic N) is 1. The molecule has 3 atom stereocenters. The van der Waals surface area contributed by atoms with E-state index in [0.29, 0.717) is 11.8 Å². The predicted molar refractivity (Wildman–Crippen MR) is 77.9 cm³/mol. The zero-order valence-corrected chi connectivity index (χ0v) is 11.6. The summed E-state index contributed by atoms with van der Waals surface area (Å²) in [4.78, 5) is 2.43. The summed E-state index contributed by atoms with van der Waals surface area (Å²) in [7, 11) is 0. The monoisotopic (exact) mass is 271 g/mol. The van der Waals surface area contributed by atoms with Crippen molar-refractivity contribution in [3.8, 4) is 11.8 Å². The Labute approximate surface area is 120 Å². The second-order valence-electron chi connectivity index (χ2n) is 5.88. The van der Waals surface area contributed by atoms with Gasteiger partial charge in [-0.3, -0.25) is 4.90 Å². The molecule has 0 spiro atoms. The second kappa shape index (κ2) is 5.97. The first-order valence-electron chi connectivity index (χ1n) is 7.36. The van der Waals surface area contributed by atoms with Gasteiger partial charge in [0.1, 0.15) is 6.61 Å². The van der Waals surface area contributed by atoms with E-state index in [9.17, 15) is 5.11 Å². The standard InChI is InChI=1S/C17H21NO2/c19-9-3-6-13-4-1-2-5-14(13)10-18-11-15-7-8-17(20)16(15)12-18/h1-2,4-5,15-17,19-20H,7-12H2. The van der Waals surface area contributed by atoms with Gasteiger partial charge in [0.25, 0.3) is 0 Å². The molecule has 0 amide bonds. The summed E-state index contributed by atoms with van der Waals surface area (Å²) < 4.78 is 0. The molecule has 3 rings (SSSR count). The minimum atomic E-state index is -0.103. The lowest BCUT2D eigenvalue weighted by Gasteiger charge is -2.18. The highest BCUT2D eigenvalue weighted by molar-refractivity contribution is 5.41. The van der Waals surface area contributed by atoms with Gasteiger partial charge in [-0.15, -0.1) is 0 Å². The molecule has 1 aromatic carbocycles. The average Bonchev–Trinajstić information content (AvgIpc) is 3.00. The molecule has 2 fully saturated rings. The van der Waals surface area contributed by atoms with E-state index in [4.69, 9.17) is 5.11 Å². The third-order valence-electron chi connectivity index (χ3n) is 4.61. The quantitative estimate of drug-likeness (QED) is 0.795. The van der Waals surface area contributed by atoms with Crippen LogP contribution in [0.5, 0.6) is 0 Å². The highest BCUT2D eigenvalue weighted by Crippen LogP contribution is 2.38. The van der Waals surface area contributed by atoms with Crippen molar-refractivity contribution < 1.29 is 10.2 Å². The van der Waals surface area contributed by atoms with Crippen LogP contribution in [0, 0.1) is 23.7 Å². The topological polar surface area (TPSA) is 43.7 Å². The van der Waals surface area contributed by atoms with Gasteiger partial charge in [0.15, 0.2) is 0 Å². The zero-order valence-electron chi connectivity index (χ0n) is 11.6. The van der Waals surface area contributed by atoms with Crippen LogP contribution < -0.4 is 0 Å². The van der Waals surface area contributed by atoms with Crippen LogP contribution in [0.4, 0.5) is 0 Å². The molecule has 0 bridgehead atoms. The van der Waals surface area contributed by atoms with Crippen molar-refractivity contribution in [2.24, 2.45) is 11.8 Å². The third-order valence-corrected chi connectivity index (χ3v) is 4.61. The van der Waals surface area contributed by atoms with Crippen LogP contribution in [0.1, 0.15) is 24.0 Å². The van der Waals surface area contributed by atoms with Crippen LogP contribution in [-0.2, 0) is 6.54 Å². The SMILES string of the molecule is OCC#Cc1ccccc1CN1CC2CCC(O)C2C1. The Balaban J connectivity index is 1.70. The fourth-order valence-electron chi connectivity index (χ4n) is 3.61. The van der Waals surface area contributed by atoms with E-state index < -0.39 is 0 Å². The van der Waals surface area contributed by atoms with Crippen molar-refractivity contribution >= 4 is 0 Å². The van der Waals surface area contributed by atoms with Gasteiger partial charge in [0.2, 0.25) is 0 Å². The van der Waals surface area contributed by atoms with Crippen molar-refractivity contribution in [3.63, 3.8) is 0 Å². The van der Waals surface area contributed by atoms with Crippen molar-refractivity contribution in [1.29, 1.82) is 0 Å². The van der Waals surface area contributed by atoms with Gasteiger partial charge in [-0.2, -0.15) is 0 Å². The number of likely N-dealkylation sites (tertiary alicyclic amines) is 1. The molecule has 1 saturated carbocycles. The molecule has 20 heavy (non-hydrogen) atoms. The highest BCUT2D eigenvalue weighted by atomic mass is 16.3. The number of fused-ring (bicyclic) bond motifs is 1. The number of aliphatic hydroxyl groups is 2. The van der Waals surface area contributed by atoms with Gasteiger partial charge in [0.05, 0.1) is 6.10 Å². The Morgan fingerprint density at radius 3 is 2.85 bits per heavy atom. The maximum atomic E-state index is 9.98. The maximum Gasteiger partial charge on any atom is 0.104 e. The van der Waals surface area contributed by atoms with Gasteiger partial charge in [-0.1, -0.05) is 30.0 Å². The predicted octanol–water partition coefficient (Wildman–Crippen LogP) is 1.23. The number of rotatable bonds is 2. The normalized spacial score (nSPS) is 29.0. The zero-order chi connectivity index (χ0) is 13.9. The van der Waals surface area contributed by atoms with Crippen molar-refractivity contribution in [2.75, 3.05) is 19.7 Å². The summed E-state index contributed by atoms with van der Waals surface area (Å²) >= 11 is 0. The van der Waals surface area contributed by atoms with Crippen LogP contribution in [0.25, 0.3) is 0 Å². The Morgan fingerprint density at radius 1 is 1.20 bits per heavy atom. The summed E-state index contributed by atoms with van der Waals surface area (Å²) in [6.45, 7) is 2.86. The molecule has 1 heterocycles. The molecule has 1 saturated heterocycles. The van der Waals surface area contributed by atoms with Gasteiger partial charge in [-0.05, 0) is 30.4 Å². The van der Waals surface area contributed by atoms with Crippen molar-refractivity contribution in [1.82, 2.24) is 4.90 Å². The Hall–Kier alpha value is -1.34. The first-order valence-corrected chi connectivity index (χ1v) is 7.36. The molecule has 0 aromatic heterocycles. The van der Waals surface area contributed by atoms with Crippen LogP contribution >= 0.6 is 0 Å². The summed E-state index contributed by atoms with van der Waals surface area (Å²) in [5.41, 5.74) is 2.21. The number of aliphatic hydroxyl groups excluding tert-OH is 2. The summed E-state index contributed by atoms with van der Waals surface area (Å²) in [6.07, 6.45) is 2.03. The molecule has 1 aliphatic carbocycles. The first-order chi connectivity index (χ1) is 9.78. The first kappa shape index (κ1) is 13.6. The van der Waals surface area contributed by atoms with E-state index >= 15 is 0 Å². The fourth-order valence-corrected chi connectivity index (χ4v) is 3.61. The Kier molecular flexibility index (Phi) is 4.07. The molecular formula is C17H21NO2. The van der Waals surface area contributed by atoms with E-state index in [1.54, 1.807) is 0 Å². The van der Waals surface area contributed by atoms with Crippen LogP contribution in [0.15, 0.2) is 24.3 Å². The molecule has 106 valence electrons. The van der Waals surface area contributed by atoms with E-state index in [0.717, 1.165) is 38.0 Å². The number of benzene rings is 1. The van der Waals surface area contributed by atoms with Crippen molar-refractivity contribution in [2.45, 2.75) is 25.5 Å². The van der Waals surface area contributed by atoms with Crippen molar-refractivity contribution in [3.05, 3.63) is 35.4 Å². The van der Waals surface area contributed by atoms with Gasteiger partial charge in [-0.25, -0.2) is 0 Å². The molecule has 2 aliphatic rings. The number of hydrogen-bond acceptors (Lipinski definition) is 3. The highest BCUT2D eigenvalue weighted by Gasteiger charge is 2.41. The second-order valence-corrected chi connectivity index (χ2v) is 5.88. The smallest absolute Gasteiger partial charge is 0.104 e. The molecule has 3 heteroatoms. The lowest BCUT2D eigenvalue weighted by atomic mass is 10.00. The average molecular weight is 271 g/mol. The maximum absolute atomic E-state index is 9.98. The molecular weight excluding hydrogens is 250 g/mol. The van der Waals surface area contributed by atoms with E-state index in [2.05, 4.69) is 22.8 Å².